The molecule has 0 spiro atoms. The minimum absolute atomic E-state index is 0.0152. The molecule has 0 unspecified atom stereocenters. The molecule has 1 aromatic rings. The number of hydrogen-bond donors (Lipinski definition) is 0. The number of benzene rings is 1. The van der Waals surface area contributed by atoms with Crippen molar-refractivity contribution in [2.45, 2.75) is 78.8 Å². The first kappa shape index (κ1) is 19.9. The number of methoxy groups -OCH3 is 1. The van der Waals surface area contributed by atoms with Crippen molar-refractivity contribution < 1.29 is 23.5 Å². The molecule has 140 valence electrons. The van der Waals surface area contributed by atoms with Gasteiger partial charge in [0.05, 0.1) is 30.5 Å². The van der Waals surface area contributed by atoms with E-state index in [0.717, 1.165) is 5.46 Å². The third-order valence-corrected chi connectivity index (χ3v) is 4.53. The van der Waals surface area contributed by atoms with E-state index in [4.69, 9.17) is 23.5 Å². The Hall–Kier alpha value is -1.40. The molecule has 0 amide bonds. The van der Waals surface area contributed by atoms with E-state index in [1.54, 1.807) is 7.11 Å². The summed E-state index contributed by atoms with van der Waals surface area (Å²) < 4.78 is 29.8. The largest absolute Gasteiger partial charge is 0.498 e. The smallest absolute Gasteiger partial charge is 0.493 e. The van der Waals surface area contributed by atoms with Crippen molar-refractivity contribution in [2.75, 3.05) is 7.11 Å². The standard InChI is InChI=1S/C19H31BO5/c1-12(2)22-15-11-17(23-13(3)4)16(21-9)10-14(15)20-24-18(5,6)19(7,8)25-20/h10-13H,1-9H3. The number of hydrogen-bond acceptors (Lipinski definition) is 5. The molecule has 5 nitrogen and oxygen atoms in total. The van der Waals surface area contributed by atoms with Crippen LogP contribution in [0.5, 0.6) is 17.2 Å². The summed E-state index contributed by atoms with van der Waals surface area (Å²) in [5, 5.41) is 0. The van der Waals surface area contributed by atoms with E-state index in [9.17, 15) is 0 Å². The molecule has 0 atom stereocenters. The Balaban J connectivity index is 2.49. The molecule has 0 saturated carbocycles. The van der Waals surface area contributed by atoms with Gasteiger partial charge in [-0.15, -0.1) is 0 Å². The fourth-order valence-corrected chi connectivity index (χ4v) is 2.57. The van der Waals surface area contributed by atoms with Crippen molar-refractivity contribution in [1.82, 2.24) is 0 Å². The maximum absolute atomic E-state index is 6.19. The molecule has 1 aromatic carbocycles. The Kier molecular flexibility index (Phi) is 5.64. The molecule has 0 radical (unpaired) electrons. The van der Waals surface area contributed by atoms with Gasteiger partial charge in [-0.2, -0.15) is 0 Å². The molecule has 25 heavy (non-hydrogen) atoms. The average Bonchev–Trinajstić information content (AvgIpc) is 2.66. The van der Waals surface area contributed by atoms with Gasteiger partial charge in [0.25, 0.3) is 0 Å². The molecule has 1 fully saturated rings. The summed E-state index contributed by atoms with van der Waals surface area (Å²) in [6, 6.07) is 3.75. The zero-order valence-electron chi connectivity index (χ0n) is 16.9. The predicted molar refractivity (Wildman–Crippen MR) is 100 cm³/mol. The van der Waals surface area contributed by atoms with E-state index >= 15 is 0 Å². The van der Waals surface area contributed by atoms with Crippen molar-refractivity contribution in [3.8, 4) is 17.2 Å². The molecule has 6 heteroatoms. The van der Waals surface area contributed by atoms with E-state index in [1.165, 1.54) is 0 Å². The van der Waals surface area contributed by atoms with Crippen LogP contribution in [0.15, 0.2) is 12.1 Å². The Morgan fingerprint density at radius 3 is 1.72 bits per heavy atom. The fourth-order valence-electron chi connectivity index (χ4n) is 2.57. The Morgan fingerprint density at radius 1 is 0.800 bits per heavy atom. The number of rotatable bonds is 6. The van der Waals surface area contributed by atoms with Crippen LogP contribution in [0, 0.1) is 0 Å². The van der Waals surface area contributed by atoms with Crippen LogP contribution >= 0.6 is 0 Å². The molecule has 1 saturated heterocycles. The molecular weight excluding hydrogens is 319 g/mol. The summed E-state index contributed by atoms with van der Waals surface area (Å²) in [6.07, 6.45) is 0.0463. The maximum Gasteiger partial charge on any atom is 0.498 e. The van der Waals surface area contributed by atoms with Gasteiger partial charge in [0, 0.05) is 11.5 Å². The lowest BCUT2D eigenvalue weighted by Gasteiger charge is -2.32. The highest BCUT2D eigenvalue weighted by Crippen LogP contribution is 2.39. The minimum atomic E-state index is -0.527. The van der Waals surface area contributed by atoms with Crippen LogP contribution in [0.2, 0.25) is 0 Å². The van der Waals surface area contributed by atoms with Crippen molar-refractivity contribution in [2.24, 2.45) is 0 Å². The van der Waals surface area contributed by atoms with Gasteiger partial charge in [-0.1, -0.05) is 0 Å². The highest BCUT2D eigenvalue weighted by molar-refractivity contribution is 6.63. The quantitative estimate of drug-likeness (QED) is 0.734. The van der Waals surface area contributed by atoms with E-state index in [2.05, 4.69) is 0 Å². The molecule has 0 N–H and O–H groups in total. The Morgan fingerprint density at radius 2 is 1.28 bits per heavy atom. The van der Waals surface area contributed by atoms with Crippen LogP contribution in [0.25, 0.3) is 0 Å². The molecule has 0 aromatic heterocycles. The van der Waals surface area contributed by atoms with Gasteiger partial charge in [-0.25, -0.2) is 0 Å². The first-order valence-corrected chi connectivity index (χ1v) is 8.87. The lowest BCUT2D eigenvalue weighted by molar-refractivity contribution is 0.00578. The second kappa shape index (κ2) is 7.08. The maximum atomic E-state index is 6.19. The zero-order valence-corrected chi connectivity index (χ0v) is 16.9. The Labute approximate surface area is 152 Å². The second-order valence-electron chi connectivity index (χ2n) is 7.96. The predicted octanol–water partition coefficient (Wildman–Crippen LogP) is 3.57. The van der Waals surface area contributed by atoms with Crippen molar-refractivity contribution in [3.05, 3.63) is 12.1 Å². The first-order valence-electron chi connectivity index (χ1n) is 8.87. The summed E-state index contributed by atoms with van der Waals surface area (Å²) in [5.74, 6) is 1.97. The summed E-state index contributed by atoms with van der Waals surface area (Å²) in [7, 11) is 1.10. The van der Waals surface area contributed by atoms with Crippen LogP contribution in [0.4, 0.5) is 0 Å². The highest BCUT2D eigenvalue weighted by Gasteiger charge is 2.52. The zero-order chi connectivity index (χ0) is 19.0. The summed E-state index contributed by atoms with van der Waals surface area (Å²) in [6.45, 7) is 16.1. The molecule has 1 aliphatic heterocycles. The molecule has 0 bridgehead atoms. The summed E-state index contributed by atoms with van der Waals surface area (Å²) in [5.41, 5.74) is -0.0412. The van der Waals surface area contributed by atoms with Crippen molar-refractivity contribution in [3.63, 3.8) is 0 Å². The summed E-state index contributed by atoms with van der Waals surface area (Å²) in [4.78, 5) is 0. The van der Waals surface area contributed by atoms with Gasteiger partial charge in [0.2, 0.25) is 0 Å². The second-order valence-corrected chi connectivity index (χ2v) is 7.96. The van der Waals surface area contributed by atoms with Crippen LogP contribution < -0.4 is 19.7 Å². The highest BCUT2D eigenvalue weighted by atomic mass is 16.7. The third-order valence-electron chi connectivity index (χ3n) is 4.53. The molecule has 1 heterocycles. The lowest BCUT2D eigenvalue weighted by Crippen LogP contribution is -2.41. The van der Waals surface area contributed by atoms with Crippen LogP contribution in [-0.2, 0) is 9.31 Å². The lowest BCUT2D eigenvalue weighted by atomic mass is 9.78. The van der Waals surface area contributed by atoms with Crippen LogP contribution in [0.1, 0.15) is 55.4 Å². The van der Waals surface area contributed by atoms with E-state index in [0.29, 0.717) is 17.2 Å². The van der Waals surface area contributed by atoms with E-state index in [-0.39, 0.29) is 12.2 Å². The van der Waals surface area contributed by atoms with Gasteiger partial charge < -0.3 is 23.5 Å². The van der Waals surface area contributed by atoms with Gasteiger partial charge in [0.1, 0.15) is 5.75 Å². The van der Waals surface area contributed by atoms with Gasteiger partial charge in [0.15, 0.2) is 11.5 Å². The summed E-state index contributed by atoms with van der Waals surface area (Å²) >= 11 is 0. The third kappa shape index (κ3) is 4.23. The molecule has 2 rings (SSSR count). The average molecular weight is 350 g/mol. The minimum Gasteiger partial charge on any atom is -0.493 e. The topological polar surface area (TPSA) is 46.2 Å². The molecule has 1 aliphatic rings. The number of ether oxygens (including phenoxy) is 3. The normalized spacial score (nSPS) is 18.8. The van der Waals surface area contributed by atoms with E-state index in [1.807, 2.05) is 67.5 Å². The monoisotopic (exact) mass is 350 g/mol. The van der Waals surface area contributed by atoms with Crippen LogP contribution in [-0.4, -0.2) is 37.6 Å². The first-order chi connectivity index (χ1) is 11.5. The van der Waals surface area contributed by atoms with Gasteiger partial charge in [-0.3, -0.25) is 0 Å². The van der Waals surface area contributed by atoms with Gasteiger partial charge >= 0.3 is 7.12 Å². The van der Waals surface area contributed by atoms with Crippen LogP contribution in [0.3, 0.4) is 0 Å². The fraction of sp³-hybridized carbons (Fsp3) is 0.684. The SMILES string of the molecule is COc1cc(B2OC(C)(C)C(C)(C)O2)c(OC(C)C)cc1OC(C)C. The van der Waals surface area contributed by atoms with E-state index < -0.39 is 18.3 Å². The molecule has 0 aliphatic carbocycles. The Bertz CT molecular complexity index is 594. The van der Waals surface area contributed by atoms with Gasteiger partial charge in [-0.05, 0) is 61.5 Å². The van der Waals surface area contributed by atoms with Crippen molar-refractivity contribution >= 4 is 12.6 Å². The van der Waals surface area contributed by atoms with Crippen molar-refractivity contribution in [1.29, 1.82) is 0 Å². The molecular formula is C19H31BO5.